The minimum atomic E-state index is -0.502. The summed E-state index contributed by atoms with van der Waals surface area (Å²) in [5.41, 5.74) is 4.12. The van der Waals surface area contributed by atoms with Gasteiger partial charge < -0.3 is 10.1 Å². The van der Waals surface area contributed by atoms with Crippen LogP contribution in [0.25, 0.3) is 0 Å². The van der Waals surface area contributed by atoms with E-state index in [9.17, 15) is 14.9 Å². The van der Waals surface area contributed by atoms with E-state index in [1.807, 2.05) is 12.1 Å². The molecule has 4 rings (SSSR count). The zero-order valence-electron chi connectivity index (χ0n) is 19.0. The third-order valence-electron chi connectivity index (χ3n) is 5.60. The zero-order valence-corrected chi connectivity index (χ0v) is 20.6. The molecule has 0 saturated carbocycles. The highest BCUT2D eigenvalue weighted by molar-refractivity contribution is 8.00. The number of carbonyl (C=O) groups is 2. The van der Waals surface area contributed by atoms with Crippen LogP contribution in [-0.2, 0) is 22.4 Å². The Kier molecular flexibility index (Phi) is 7.60. The zero-order chi connectivity index (χ0) is 24.1. The average molecular weight is 493 g/mol. The number of aromatic nitrogens is 2. The van der Waals surface area contributed by atoms with Crippen LogP contribution in [0.15, 0.2) is 41.4 Å². The van der Waals surface area contributed by atoms with E-state index < -0.39 is 5.97 Å². The van der Waals surface area contributed by atoms with Crippen molar-refractivity contribution in [1.29, 1.82) is 5.26 Å². The number of aryl methyl sites for hydroxylation is 2. The summed E-state index contributed by atoms with van der Waals surface area (Å²) in [6, 6.07) is 14.6. The molecule has 1 aliphatic carbocycles. The topological polar surface area (TPSA) is 105 Å². The van der Waals surface area contributed by atoms with Crippen molar-refractivity contribution in [3.8, 4) is 6.07 Å². The van der Waals surface area contributed by atoms with Crippen LogP contribution in [0, 0.1) is 18.3 Å². The summed E-state index contributed by atoms with van der Waals surface area (Å²) in [4.78, 5) is 34.0. The molecular formula is C25H24N4O3S2. The fraction of sp³-hybridized carbons (Fsp3) is 0.320. The van der Waals surface area contributed by atoms with Crippen molar-refractivity contribution >= 4 is 40.1 Å². The van der Waals surface area contributed by atoms with E-state index in [1.54, 1.807) is 13.8 Å². The molecule has 1 aliphatic rings. The van der Waals surface area contributed by atoms with Crippen LogP contribution in [0.4, 0.5) is 5.13 Å². The molecule has 9 heteroatoms. The molecule has 0 aliphatic heterocycles. The van der Waals surface area contributed by atoms with Gasteiger partial charge in [-0.25, -0.2) is 14.8 Å². The maximum absolute atomic E-state index is 12.5. The van der Waals surface area contributed by atoms with Crippen molar-refractivity contribution in [3.05, 3.63) is 69.4 Å². The summed E-state index contributed by atoms with van der Waals surface area (Å²) in [6.45, 7) is 3.74. The number of fused-ring (bicyclic) bond motifs is 1. The SMILES string of the molecule is CCOC(=O)c1nc(NC(=O)CSc2nc3c(cc2C#N)C[C@@H](c2ccccc2)CC3)sc1C. The third kappa shape index (κ3) is 5.46. The number of thiazole rings is 1. The number of hydrogen-bond donors (Lipinski definition) is 1. The van der Waals surface area contributed by atoms with Crippen LogP contribution < -0.4 is 5.32 Å². The Balaban J connectivity index is 1.41. The minimum Gasteiger partial charge on any atom is -0.461 e. The highest BCUT2D eigenvalue weighted by atomic mass is 32.2. The number of thioether (sulfide) groups is 1. The lowest BCUT2D eigenvalue weighted by molar-refractivity contribution is -0.113. The van der Waals surface area contributed by atoms with Crippen LogP contribution in [0.1, 0.15) is 57.0 Å². The van der Waals surface area contributed by atoms with E-state index in [-0.39, 0.29) is 24.0 Å². The van der Waals surface area contributed by atoms with Crippen molar-refractivity contribution in [2.75, 3.05) is 17.7 Å². The largest absolute Gasteiger partial charge is 0.461 e. The first-order valence-corrected chi connectivity index (χ1v) is 12.8. The minimum absolute atomic E-state index is 0.0838. The summed E-state index contributed by atoms with van der Waals surface area (Å²) >= 11 is 2.46. The Labute approximate surface area is 206 Å². The number of benzene rings is 1. The van der Waals surface area contributed by atoms with Crippen LogP contribution in [0.2, 0.25) is 0 Å². The van der Waals surface area contributed by atoms with Gasteiger partial charge in [-0.2, -0.15) is 5.26 Å². The Hall–Kier alpha value is -3.22. The van der Waals surface area contributed by atoms with Gasteiger partial charge in [0.05, 0.1) is 17.9 Å². The summed E-state index contributed by atoms with van der Waals surface area (Å²) in [5, 5.41) is 13.3. The third-order valence-corrected chi connectivity index (χ3v) is 7.47. The summed E-state index contributed by atoms with van der Waals surface area (Å²) in [7, 11) is 0. The molecule has 1 amide bonds. The van der Waals surface area contributed by atoms with E-state index in [4.69, 9.17) is 9.72 Å². The normalized spacial score (nSPS) is 14.7. The molecule has 3 aromatic rings. The van der Waals surface area contributed by atoms with Gasteiger partial charge in [-0.3, -0.25) is 4.79 Å². The molecular weight excluding hydrogens is 468 g/mol. The van der Waals surface area contributed by atoms with Gasteiger partial charge >= 0.3 is 5.97 Å². The van der Waals surface area contributed by atoms with Gasteiger partial charge in [0.2, 0.25) is 5.91 Å². The van der Waals surface area contributed by atoms with Gasteiger partial charge in [0.25, 0.3) is 0 Å². The van der Waals surface area contributed by atoms with Gasteiger partial charge in [-0.05, 0) is 56.2 Å². The molecule has 0 radical (unpaired) electrons. The highest BCUT2D eigenvalue weighted by Gasteiger charge is 2.23. The molecule has 0 saturated heterocycles. The van der Waals surface area contributed by atoms with Gasteiger partial charge in [-0.15, -0.1) is 11.3 Å². The van der Waals surface area contributed by atoms with Crippen molar-refractivity contribution < 1.29 is 14.3 Å². The summed E-state index contributed by atoms with van der Waals surface area (Å²) in [6.07, 6.45) is 2.71. The number of ether oxygens (including phenoxy) is 1. The molecule has 1 N–H and O–H groups in total. The molecule has 2 aromatic heterocycles. The Morgan fingerprint density at radius 1 is 1.29 bits per heavy atom. The number of anilines is 1. The average Bonchev–Trinajstić information content (AvgIpc) is 3.22. The van der Waals surface area contributed by atoms with Gasteiger partial charge in [-0.1, -0.05) is 42.1 Å². The fourth-order valence-electron chi connectivity index (χ4n) is 3.97. The first-order valence-electron chi connectivity index (χ1n) is 11.0. The second-order valence-corrected chi connectivity index (χ2v) is 10.1. The number of pyridine rings is 1. The lowest BCUT2D eigenvalue weighted by Crippen LogP contribution is -2.16. The molecule has 0 fully saturated rings. The van der Waals surface area contributed by atoms with Crippen molar-refractivity contribution in [2.24, 2.45) is 0 Å². The number of nitriles is 1. The number of hydrogen-bond acceptors (Lipinski definition) is 8. The molecule has 1 atom stereocenters. The second kappa shape index (κ2) is 10.8. The van der Waals surface area contributed by atoms with Gasteiger partial charge in [0.15, 0.2) is 10.8 Å². The van der Waals surface area contributed by atoms with E-state index in [1.165, 1.54) is 28.7 Å². The molecule has 2 heterocycles. The number of esters is 1. The molecule has 0 spiro atoms. The first kappa shape index (κ1) is 23.9. The number of carbonyl (C=O) groups excluding carboxylic acids is 2. The van der Waals surface area contributed by atoms with Crippen LogP contribution in [0.5, 0.6) is 0 Å². The smallest absolute Gasteiger partial charge is 0.358 e. The number of rotatable bonds is 7. The van der Waals surface area contributed by atoms with E-state index in [0.717, 1.165) is 30.5 Å². The first-order chi connectivity index (χ1) is 16.5. The van der Waals surface area contributed by atoms with Crippen LogP contribution >= 0.6 is 23.1 Å². The lowest BCUT2D eigenvalue weighted by atomic mass is 9.82. The van der Waals surface area contributed by atoms with E-state index in [2.05, 4.69) is 40.6 Å². The Morgan fingerprint density at radius 2 is 2.09 bits per heavy atom. The molecule has 1 aromatic carbocycles. The van der Waals surface area contributed by atoms with Gasteiger partial charge in [0, 0.05) is 10.6 Å². The second-order valence-electron chi connectivity index (χ2n) is 7.89. The predicted molar refractivity (Wildman–Crippen MR) is 132 cm³/mol. The van der Waals surface area contributed by atoms with Crippen molar-refractivity contribution in [1.82, 2.24) is 9.97 Å². The molecule has 0 unspecified atom stereocenters. The van der Waals surface area contributed by atoms with Crippen LogP contribution in [0.3, 0.4) is 0 Å². The van der Waals surface area contributed by atoms with Crippen molar-refractivity contribution in [2.45, 2.75) is 44.1 Å². The summed E-state index contributed by atoms with van der Waals surface area (Å²) in [5.74, 6) is -0.271. The molecule has 34 heavy (non-hydrogen) atoms. The van der Waals surface area contributed by atoms with E-state index >= 15 is 0 Å². The highest BCUT2D eigenvalue weighted by Crippen LogP contribution is 2.34. The molecule has 7 nitrogen and oxygen atoms in total. The number of nitrogens with one attached hydrogen (secondary N) is 1. The molecule has 174 valence electrons. The fourth-order valence-corrected chi connectivity index (χ4v) is 5.57. The van der Waals surface area contributed by atoms with Crippen molar-refractivity contribution in [3.63, 3.8) is 0 Å². The molecule has 0 bridgehead atoms. The van der Waals surface area contributed by atoms with Crippen LogP contribution in [-0.4, -0.2) is 34.2 Å². The monoisotopic (exact) mass is 492 g/mol. The van der Waals surface area contributed by atoms with E-state index in [0.29, 0.717) is 26.5 Å². The maximum atomic E-state index is 12.5. The Bertz CT molecular complexity index is 1250. The standard InChI is InChI=1S/C25H24N4O3S2/c1-3-32-24(31)22-15(2)34-25(29-22)28-21(30)14-33-23-19(13-26)12-18-11-17(9-10-20(18)27-23)16-7-5-4-6-8-16/h4-8,12,17H,3,9-11,14H2,1-2H3,(H,28,29,30)/t17-/m0/s1. The number of nitrogens with zero attached hydrogens (tertiary/aromatic N) is 3. The lowest BCUT2D eigenvalue weighted by Gasteiger charge is -2.25. The summed E-state index contributed by atoms with van der Waals surface area (Å²) < 4.78 is 4.98. The Morgan fingerprint density at radius 3 is 2.82 bits per heavy atom. The number of amides is 1. The van der Waals surface area contributed by atoms with Gasteiger partial charge in [0.1, 0.15) is 11.1 Å². The predicted octanol–water partition coefficient (Wildman–Crippen LogP) is 4.90. The quantitative estimate of drug-likeness (QED) is 0.369. The maximum Gasteiger partial charge on any atom is 0.358 e.